The summed E-state index contributed by atoms with van der Waals surface area (Å²) < 4.78 is 1.44. The summed E-state index contributed by atoms with van der Waals surface area (Å²) in [6.45, 7) is 7.15. The summed E-state index contributed by atoms with van der Waals surface area (Å²) >= 11 is 0. The molecule has 0 bridgehead atoms. The number of pyridine rings is 1. The highest BCUT2D eigenvalue weighted by Crippen LogP contribution is 2.34. The molecular formula is C28H32N8O2. The van der Waals surface area contributed by atoms with Crippen molar-refractivity contribution in [3.05, 3.63) is 63.7 Å². The SMILES string of the molecule is CC[C@H]1CN(C(C(=O)NCC#N)c2ccc(C)cc2)[C@H](CC)CN1c1nc(=O)n(C)c2ccc(C#N)nc12. The quantitative estimate of drug-likeness (QED) is 0.478. The van der Waals surface area contributed by atoms with E-state index in [2.05, 4.69) is 45.0 Å². The molecule has 1 unspecified atom stereocenters. The maximum Gasteiger partial charge on any atom is 0.349 e. The number of hydrogen-bond donors (Lipinski definition) is 1. The third kappa shape index (κ3) is 5.09. The van der Waals surface area contributed by atoms with Gasteiger partial charge in [0, 0.05) is 32.2 Å². The molecule has 1 aliphatic rings. The number of aromatic nitrogens is 3. The summed E-state index contributed by atoms with van der Waals surface area (Å²) in [6, 6.07) is 14.6. The van der Waals surface area contributed by atoms with E-state index in [9.17, 15) is 14.9 Å². The fourth-order valence-electron chi connectivity index (χ4n) is 5.20. The van der Waals surface area contributed by atoms with E-state index in [-0.39, 0.29) is 30.2 Å². The minimum absolute atomic E-state index is 0.0444. The third-order valence-electron chi connectivity index (χ3n) is 7.32. The van der Waals surface area contributed by atoms with E-state index < -0.39 is 11.7 Å². The van der Waals surface area contributed by atoms with Crippen molar-refractivity contribution in [2.24, 2.45) is 7.05 Å². The van der Waals surface area contributed by atoms with Crippen LogP contribution in [0.2, 0.25) is 0 Å². The predicted octanol–water partition coefficient (Wildman–Crippen LogP) is 2.57. The van der Waals surface area contributed by atoms with Crippen molar-refractivity contribution in [1.82, 2.24) is 24.8 Å². The minimum Gasteiger partial charge on any atom is -0.349 e. The van der Waals surface area contributed by atoms with E-state index in [1.165, 1.54) is 4.57 Å². The number of rotatable bonds is 7. The predicted molar refractivity (Wildman–Crippen MR) is 144 cm³/mol. The fraction of sp³-hybridized carbons (Fsp3) is 0.429. The highest BCUT2D eigenvalue weighted by Gasteiger charge is 2.40. The number of piperazine rings is 1. The molecule has 3 heterocycles. The number of nitrogens with one attached hydrogen (secondary N) is 1. The smallest absolute Gasteiger partial charge is 0.349 e. The van der Waals surface area contributed by atoms with Crippen LogP contribution >= 0.6 is 0 Å². The molecule has 1 aliphatic heterocycles. The van der Waals surface area contributed by atoms with Crippen LogP contribution in [-0.2, 0) is 11.8 Å². The van der Waals surface area contributed by atoms with E-state index >= 15 is 0 Å². The maximum absolute atomic E-state index is 13.4. The number of hydrogen-bond acceptors (Lipinski definition) is 8. The lowest BCUT2D eigenvalue weighted by Gasteiger charge is -2.49. The van der Waals surface area contributed by atoms with Gasteiger partial charge in [0.05, 0.1) is 11.6 Å². The van der Waals surface area contributed by atoms with Crippen LogP contribution in [0.4, 0.5) is 5.82 Å². The molecule has 0 saturated carbocycles. The van der Waals surface area contributed by atoms with Crippen LogP contribution in [0.5, 0.6) is 0 Å². The second-order valence-corrected chi connectivity index (χ2v) is 9.62. The zero-order valence-corrected chi connectivity index (χ0v) is 22.2. The molecule has 3 atom stereocenters. The molecular weight excluding hydrogens is 480 g/mol. The second kappa shape index (κ2) is 11.4. The maximum atomic E-state index is 13.4. The number of aryl methyl sites for hydroxylation is 2. The third-order valence-corrected chi connectivity index (χ3v) is 7.32. The lowest BCUT2D eigenvalue weighted by Crippen LogP contribution is -2.61. The standard InChI is InChI=1S/C28H32N8O2/c1-5-21-17-36(26-24-23(34(4)28(38)33-26)12-11-20(15-30)32-24)22(6-2)16-35(21)25(27(37)31-14-13-29)19-9-7-18(3)8-10-19/h7-12,21-22,25H,5-6,14,16-17H2,1-4H3,(H,31,37)/t21-,22+,25?/m1/s1. The molecule has 1 saturated heterocycles. The Labute approximate surface area is 222 Å². The normalized spacial score (nSPS) is 18.5. The first-order chi connectivity index (χ1) is 18.3. The second-order valence-electron chi connectivity index (χ2n) is 9.62. The van der Waals surface area contributed by atoms with E-state index in [0.29, 0.717) is 29.9 Å². The van der Waals surface area contributed by atoms with Crippen molar-refractivity contribution in [3.63, 3.8) is 0 Å². The Hall–Kier alpha value is -4.28. The zero-order chi connectivity index (χ0) is 27.4. The van der Waals surface area contributed by atoms with Crippen molar-refractivity contribution in [2.45, 2.75) is 51.7 Å². The number of fused-ring (bicyclic) bond motifs is 1. The average molecular weight is 513 g/mol. The van der Waals surface area contributed by atoms with Gasteiger partial charge in [0.2, 0.25) is 5.91 Å². The van der Waals surface area contributed by atoms with E-state index in [0.717, 1.165) is 24.0 Å². The molecule has 0 aliphatic carbocycles. The van der Waals surface area contributed by atoms with Gasteiger partial charge in [-0.2, -0.15) is 15.5 Å². The van der Waals surface area contributed by atoms with Crippen LogP contribution in [0.25, 0.3) is 11.0 Å². The molecule has 3 aromatic rings. The summed E-state index contributed by atoms with van der Waals surface area (Å²) in [7, 11) is 1.64. The minimum atomic E-state index is -0.568. The van der Waals surface area contributed by atoms with Gasteiger partial charge in [-0.05, 0) is 37.5 Å². The lowest BCUT2D eigenvalue weighted by atomic mass is 9.95. The molecule has 38 heavy (non-hydrogen) atoms. The number of nitriles is 2. The Bertz CT molecular complexity index is 1470. The van der Waals surface area contributed by atoms with Crippen LogP contribution in [0.15, 0.2) is 41.2 Å². The van der Waals surface area contributed by atoms with Crippen LogP contribution < -0.4 is 15.9 Å². The van der Waals surface area contributed by atoms with Gasteiger partial charge in [-0.3, -0.25) is 14.3 Å². The van der Waals surface area contributed by atoms with Crippen molar-refractivity contribution in [1.29, 1.82) is 10.5 Å². The van der Waals surface area contributed by atoms with Gasteiger partial charge >= 0.3 is 5.69 Å². The van der Waals surface area contributed by atoms with Gasteiger partial charge in [-0.1, -0.05) is 43.7 Å². The van der Waals surface area contributed by atoms with Gasteiger partial charge in [-0.25, -0.2) is 9.78 Å². The summed E-state index contributed by atoms with van der Waals surface area (Å²) in [5, 5.41) is 21.3. The van der Waals surface area contributed by atoms with Crippen molar-refractivity contribution in [2.75, 3.05) is 24.5 Å². The van der Waals surface area contributed by atoms with Gasteiger partial charge in [0.25, 0.3) is 0 Å². The Morgan fingerprint density at radius 2 is 1.79 bits per heavy atom. The first kappa shape index (κ1) is 26.8. The molecule has 2 aromatic heterocycles. The van der Waals surface area contributed by atoms with Crippen molar-refractivity contribution >= 4 is 22.8 Å². The van der Waals surface area contributed by atoms with Crippen LogP contribution in [0.3, 0.4) is 0 Å². The largest absolute Gasteiger partial charge is 0.349 e. The monoisotopic (exact) mass is 512 g/mol. The van der Waals surface area contributed by atoms with Gasteiger partial charge < -0.3 is 10.2 Å². The Morgan fingerprint density at radius 1 is 1.08 bits per heavy atom. The summed E-state index contributed by atoms with van der Waals surface area (Å²) in [5.41, 5.74) is 2.95. The van der Waals surface area contributed by atoms with Crippen LogP contribution in [0.1, 0.15) is 49.6 Å². The Balaban J connectivity index is 1.79. The topological polar surface area (TPSA) is 131 Å². The van der Waals surface area contributed by atoms with Crippen molar-refractivity contribution in [3.8, 4) is 12.1 Å². The summed E-state index contributed by atoms with van der Waals surface area (Å²) in [4.78, 5) is 39.5. The molecule has 10 nitrogen and oxygen atoms in total. The van der Waals surface area contributed by atoms with E-state index in [4.69, 9.17) is 5.26 Å². The number of carbonyl (C=O) groups excluding carboxylic acids is 1. The summed E-state index contributed by atoms with van der Waals surface area (Å²) in [6.07, 6.45) is 1.49. The molecule has 1 amide bonds. The highest BCUT2D eigenvalue weighted by molar-refractivity contribution is 5.87. The molecule has 0 spiro atoms. The number of anilines is 1. The molecule has 196 valence electrons. The Morgan fingerprint density at radius 3 is 2.42 bits per heavy atom. The first-order valence-corrected chi connectivity index (χ1v) is 12.8. The molecule has 1 fully saturated rings. The zero-order valence-electron chi connectivity index (χ0n) is 22.2. The van der Waals surface area contributed by atoms with E-state index in [1.807, 2.05) is 37.3 Å². The van der Waals surface area contributed by atoms with Crippen molar-refractivity contribution < 1.29 is 4.79 Å². The van der Waals surface area contributed by atoms with Gasteiger partial charge in [-0.15, -0.1) is 0 Å². The lowest BCUT2D eigenvalue weighted by molar-refractivity contribution is -0.128. The number of amides is 1. The molecule has 1 aromatic carbocycles. The fourth-order valence-corrected chi connectivity index (χ4v) is 5.20. The molecule has 1 N–H and O–H groups in total. The van der Waals surface area contributed by atoms with Crippen LogP contribution in [0, 0.1) is 29.6 Å². The first-order valence-electron chi connectivity index (χ1n) is 12.8. The van der Waals surface area contributed by atoms with Gasteiger partial charge in [0.1, 0.15) is 29.9 Å². The number of carbonyl (C=O) groups is 1. The highest BCUT2D eigenvalue weighted by atomic mass is 16.2. The van der Waals surface area contributed by atoms with Crippen LogP contribution in [-0.4, -0.2) is 57.1 Å². The molecule has 0 radical (unpaired) electrons. The molecule has 4 rings (SSSR count). The number of nitrogens with zero attached hydrogens (tertiary/aromatic N) is 7. The van der Waals surface area contributed by atoms with Gasteiger partial charge in [0.15, 0.2) is 5.82 Å². The number of benzene rings is 1. The Kier molecular flexibility index (Phi) is 8.04. The summed E-state index contributed by atoms with van der Waals surface area (Å²) in [5.74, 6) is 0.251. The molecule has 10 heteroatoms. The average Bonchev–Trinajstić information content (AvgIpc) is 2.94. The van der Waals surface area contributed by atoms with E-state index in [1.54, 1.807) is 19.2 Å².